The zero-order chi connectivity index (χ0) is 49.8. The molecule has 0 aliphatic rings. The number of aromatic nitrogens is 2. The maximum absolute atomic E-state index is 13.5. The number of hydrogen-bond acceptors (Lipinski definition) is 14. The van der Waals surface area contributed by atoms with Gasteiger partial charge in [-0.1, -0.05) is 64.1 Å². The molecule has 4 unspecified atom stereocenters. The summed E-state index contributed by atoms with van der Waals surface area (Å²) in [6.45, 7) is 7.56. The Labute approximate surface area is 420 Å². The van der Waals surface area contributed by atoms with Crippen LogP contribution in [0.3, 0.4) is 0 Å². The second-order valence-corrected chi connectivity index (χ2v) is 20.3. The topological polar surface area (TPSA) is 262 Å². The first-order chi connectivity index (χ1) is 30.6. The molecule has 0 saturated heterocycles. The molecule has 0 bridgehead atoms. The second-order valence-electron chi connectivity index (χ2n) is 16.2. The fourth-order valence-electron chi connectivity index (χ4n) is 6.44. The van der Waals surface area contributed by atoms with Crippen molar-refractivity contribution in [2.45, 2.75) is 89.6 Å². The smallest absolute Gasteiger partial charge is 0.550 e. The van der Waals surface area contributed by atoms with E-state index in [1.165, 1.54) is 68.7 Å². The van der Waals surface area contributed by atoms with E-state index >= 15 is 0 Å². The molecule has 3 aromatic carbocycles. The first-order valence-corrected chi connectivity index (χ1v) is 24.3. The normalized spacial score (nSPS) is 13.7. The Bertz CT molecular complexity index is 2420. The molecule has 4 N–H and O–H groups in total. The van der Waals surface area contributed by atoms with Crippen molar-refractivity contribution >= 4 is 93.5 Å². The molecule has 21 heteroatoms. The molecule has 16 nitrogen and oxygen atoms in total. The van der Waals surface area contributed by atoms with E-state index in [2.05, 4.69) is 9.97 Å². The molecule has 1 heterocycles. The van der Waals surface area contributed by atoms with E-state index in [9.17, 15) is 65.8 Å². The van der Waals surface area contributed by atoms with E-state index in [4.69, 9.17) is 0 Å². The number of aliphatic hydroxyl groups is 4. The Hall–Kier alpha value is -4.38. The number of halogens is 2. The van der Waals surface area contributed by atoms with E-state index in [-0.39, 0.29) is 68.4 Å². The van der Waals surface area contributed by atoms with Gasteiger partial charge in [-0.15, -0.1) is 0 Å². The third-order valence-electron chi connectivity index (χ3n) is 10.0. The third kappa shape index (κ3) is 18.2. The van der Waals surface area contributed by atoms with Gasteiger partial charge in [-0.3, -0.25) is 4.31 Å². The first-order valence-electron chi connectivity index (χ1n) is 20.6. The molecule has 0 fully saturated rings. The monoisotopic (exact) mass is 998 g/mol. The Kier molecular flexibility index (Phi) is 22.7. The van der Waals surface area contributed by atoms with Crippen LogP contribution in [0.25, 0.3) is 34.5 Å². The minimum Gasteiger partial charge on any atom is -0.550 e. The average Bonchev–Trinajstić information content (AvgIpc) is 3.20. The van der Waals surface area contributed by atoms with Crippen molar-refractivity contribution < 1.29 is 65.8 Å². The molecule has 0 amide bonds. The van der Waals surface area contributed by atoms with Crippen LogP contribution in [0.5, 0.6) is 0 Å². The van der Waals surface area contributed by atoms with Crippen LogP contribution in [-0.2, 0) is 29.6 Å². The molecule has 4 atom stereocenters. The van der Waals surface area contributed by atoms with Gasteiger partial charge >= 0.3 is 37.7 Å². The van der Waals surface area contributed by atoms with E-state index < -0.39 is 80.9 Å². The van der Waals surface area contributed by atoms with E-state index in [1.54, 1.807) is 30.3 Å². The number of aliphatic hydroxyl groups excluding tert-OH is 4. The molecule has 1 aromatic heterocycles. The van der Waals surface area contributed by atoms with Gasteiger partial charge in [0.1, 0.15) is 11.6 Å². The third-order valence-corrected chi connectivity index (χ3v) is 12.4. The summed E-state index contributed by atoms with van der Waals surface area (Å²) >= 11 is 0. The first kappa shape index (κ1) is 58.7. The van der Waals surface area contributed by atoms with Gasteiger partial charge < -0.3 is 40.2 Å². The molecule has 67 heavy (non-hydrogen) atoms. The van der Waals surface area contributed by atoms with Gasteiger partial charge in [-0.2, -0.15) is 0 Å². The Morgan fingerprint density at radius 3 is 1.51 bits per heavy atom. The summed E-state index contributed by atoms with van der Waals surface area (Å²) in [6, 6.07) is 14.6. The second kappa shape index (κ2) is 25.8. The van der Waals surface area contributed by atoms with Gasteiger partial charge in [-0.25, -0.2) is 39.9 Å². The molecule has 0 spiro atoms. The molecule has 360 valence electrons. The van der Waals surface area contributed by atoms with Gasteiger partial charge in [0.15, 0.2) is 0 Å². The van der Waals surface area contributed by atoms with Crippen molar-refractivity contribution in [3.05, 3.63) is 107 Å². The quantitative estimate of drug-likeness (QED) is 0.0929. The maximum atomic E-state index is 13.5. The fraction of sp³-hybridized carbons (Fsp3) is 0.391. The SMILES string of the molecule is CC(C)c1cc(N(C)S(C)(=O)=O)cc(-c2ccc(F)cc2)c1/C=C/C(O)CC(O)CC(=O)[O-].CC(C)c1nc(N(C)S(C)(=O)=O)nc(-c2ccc(F)cc2)c1/C=C/C(O)CC(O)CC(=O)[O-].[Ca+2]. The van der Waals surface area contributed by atoms with Crippen LogP contribution in [-0.4, -0.2) is 148 Å². The molecule has 4 aromatic rings. The number of carbonyl (C=O) groups excluding carboxylic acids is 2. The zero-order valence-electron chi connectivity index (χ0n) is 38.5. The predicted octanol–water partition coefficient (Wildman–Crippen LogP) is 2.96. The standard InChI is InChI=1S/C24H30FNO6S.C22H28FN3O6S.Ca/c1-15(2)22-11-18(26(3)33(4,31)32)12-23(16-5-7-17(25)8-6-16)21(22)10-9-19(27)13-20(28)14-24(29)30;1-13(2)20-18(10-9-16(27)11-17(28)12-19(29)30)21(14-5-7-15(23)8-6-14)25-22(24-20)26(3)33(4,31)32;/h5-12,15,19-20,27-28H,13-14H2,1-4H3,(H,29,30);5-10,13,16-17,27-28H,11-12H2,1-4H3,(H,29,30);/q;;+2/p-2/b2*10-9+;. The average molecular weight is 999 g/mol. The van der Waals surface area contributed by atoms with Crippen molar-refractivity contribution in [2.75, 3.05) is 35.2 Å². The number of hydrogen-bond donors (Lipinski definition) is 4. The Morgan fingerprint density at radius 2 is 1.10 bits per heavy atom. The van der Waals surface area contributed by atoms with E-state index in [1.807, 2.05) is 27.7 Å². The fourth-order valence-corrected chi connectivity index (χ4v) is 7.31. The van der Waals surface area contributed by atoms with Crippen LogP contribution in [0.2, 0.25) is 0 Å². The summed E-state index contributed by atoms with van der Waals surface area (Å²) < 4.78 is 77.5. The summed E-state index contributed by atoms with van der Waals surface area (Å²) in [5.41, 5.74) is 4.95. The maximum Gasteiger partial charge on any atom is 2.00 e. The molecule has 0 aliphatic carbocycles. The van der Waals surface area contributed by atoms with Crippen molar-refractivity contribution in [1.82, 2.24) is 9.97 Å². The summed E-state index contributed by atoms with van der Waals surface area (Å²) in [5, 5.41) is 61.2. The molecular weight excluding hydrogens is 943 g/mol. The Balaban J connectivity index is 0.000000453. The van der Waals surface area contributed by atoms with E-state index in [0.29, 0.717) is 44.9 Å². The van der Waals surface area contributed by atoms with Crippen LogP contribution >= 0.6 is 0 Å². The number of sulfonamides is 2. The molecule has 0 saturated carbocycles. The van der Waals surface area contributed by atoms with Crippen molar-refractivity contribution in [1.29, 1.82) is 0 Å². The number of rotatable bonds is 20. The predicted molar refractivity (Wildman–Crippen MR) is 250 cm³/mol. The van der Waals surface area contributed by atoms with Gasteiger partial charge in [0.2, 0.25) is 26.0 Å². The van der Waals surface area contributed by atoms with Crippen LogP contribution in [0.1, 0.15) is 87.6 Å². The van der Waals surface area contributed by atoms with Gasteiger partial charge in [0.25, 0.3) is 0 Å². The minimum atomic E-state index is -3.66. The van der Waals surface area contributed by atoms with Gasteiger partial charge in [0, 0.05) is 62.8 Å². The van der Waals surface area contributed by atoms with Crippen LogP contribution in [0.4, 0.5) is 20.4 Å². The number of anilines is 2. The number of nitrogens with zero attached hydrogens (tertiary/aromatic N) is 4. The number of carbonyl (C=O) groups is 2. The van der Waals surface area contributed by atoms with Crippen molar-refractivity contribution in [2.24, 2.45) is 0 Å². The summed E-state index contributed by atoms with van der Waals surface area (Å²) in [5.74, 6) is -4.00. The van der Waals surface area contributed by atoms with Gasteiger partial charge in [0.05, 0.1) is 54.0 Å². The molecular formula is C46H56CaF2N4O12S2. The number of benzene rings is 3. The minimum absolute atomic E-state index is 0. The van der Waals surface area contributed by atoms with E-state index in [0.717, 1.165) is 26.7 Å². The number of carboxylic acids is 2. The largest absolute Gasteiger partial charge is 2.00 e. The summed E-state index contributed by atoms with van der Waals surface area (Å²) in [4.78, 5) is 30.1. The molecule has 0 radical (unpaired) electrons. The summed E-state index contributed by atoms with van der Waals surface area (Å²) in [6.07, 6.45) is 1.59. The molecule has 0 aliphatic heterocycles. The van der Waals surface area contributed by atoms with Crippen LogP contribution in [0, 0.1) is 11.6 Å². The Morgan fingerprint density at radius 1 is 0.672 bits per heavy atom. The summed E-state index contributed by atoms with van der Waals surface area (Å²) in [7, 11) is -4.42. The van der Waals surface area contributed by atoms with Crippen LogP contribution in [0.15, 0.2) is 72.8 Å². The van der Waals surface area contributed by atoms with Crippen molar-refractivity contribution in [3.63, 3.8) is 0 Å². The molecule has 4 rings (SSSR count). The van der Waals surface area contributed by atoms with Gasteiger partial charge in [-0.05, 0) is 82.6 Å². The zero-order valence-corrected chi connectivity index (χ0v) is 42.3. The number of carboxylic acid groups (broad SMARTS) is 2. The number of aliphatic carboxylic acids is 2. The van der Waals surface area contributed by atoms with Crippen LogP contribution < -0.4 is 18.8 Å². The van der Waals surface area contributed by atoms with Crippen molar-refractivity contribution in [3.8, 4) is 22.4 Å².